The van der Waals surface area contributed by atoms with Crippen LogP contribution in [0.1, 0.15) is 35.2 Å². The second kappa shape index (κ2) is 5.34. The molecule has 1 aromatic carbocycles. The maximum absolute atomic E-state index is 12.6. The number of carbonyl (C=O) groups excluding carboxylic acids is 1. The van der Waals surface area contributed by atoms with Crippen molar-refractivity contribution >= 4 is 11.9 Å². The van der Waals surface area contributed by atoms with E-state index in [-0.39, 0.29) is 11.1 Å². The second-order valence-electron chi connectivity index (χ2n) is 4.42. The van der Waals surface area contributed by atoms with E-state index < -0.39 is 24.3 Å². The smallest absolute Gasteiger partial charge is 0.326 e. The van der Waals surface area contributed by atoms with Crippen LogP contribution in [0.2, 0.25) is 0 Å². The molecule has 0 radical (unpaired) electrons. The molecule has 6 heteroatoms. The number of benzene rings is 1. The number of carboxylic acids is 1. The zero-order valence-corrected chi connectivity index (χ0v) is 10.1. The van der Waals surface area contributed by atoms with Gasteiger partial charge in [0.2, 0.25) is 0 Å². The van der Waals surface area contributed by atoms with Crippen LogP contribution in [0.4, 0.5) is 8.78 Å². The Labute approximate surface area is 108 Å². The largest absolute Gasteiger partial charge is 0.480 e. The highest BCUT2D eigenvalue weighted by molar-refractivity contribution is 5.97. The van der Waals surface area contributed by atoms with Gasteiger partial charge in [-0.05, 0) is 25.0 Å². The number of halogens is 2. The van der Waals surface area contributed by atoms with Crippen LogP contribution in [0.25, 0.3) is 0 Å². The quantitative estimate of drug-likeness (QED) is 0.916. The highest BCUT2D eigenvalue weighted by atomic mass is 19.3. The van der Waals surface area contributed by atoms with Crippen LogP contribution in [0.3, 0.4) is 0 Å². The van der Waals surface area contributed by atoms with Crippen molar-refractivity contribution in [3.8, 4) is 0 Å². The number of rotatable bonds is 3. The number of likely N-dealkylation sites (tertiary alicyclic amines) is 1. The number of nitrogens with zero attached hydrogens (tertiary/aromatic N) is 1. The van der Waals surface area contributed by atoms with E-state index in [1.807, 2.05) is 0 Å². The highest BCUT2D eigenvalue weighted by Gasteiger charge is 2.34. The van der Waals surface area contributed by atoms with Crippen molar-refractivity contribution in [2.75, 3.05) is 6.54 Å². The number of carboxylic acid groups (broad SMARTS) is 1. The van der Waals surface area contributed by atoms with Gasteiger partial charge in [0, 0.05) is 17.7 Å². The topological polar surface area (TPSA) is 57.6 Å². The zero-order chi connectivity index (χ0) is 14.0. The minimum absolute atomic E-state index is 0.103. The van der Waals surface area contributed by atoms with E-state index in [9.17, 15) is 18.4 Å². The van der Waals surface area contributed by atoms with E-state index in [0.717, 1.165) is 6.07 Å². The minimum atomic E-state index is -2.65. The number of aliphatic carboxylic acids is 1. The standard InChI is InChI=1S/C13H13F2NO3/c14-11(15)8-3-1-4-9(7-8)12(17)16-6-2-5-10(16)13(18)19/h1,3-4,7,10-11H,2,5-6H2,(H,18,19)/t10-/m1/s1. The molecule has 0 spiro atoms. The molecular weight excluding hydrogens is 256 g/mol. The van der Waals surface area contributed by atoms with Crippen molar-refractivity contribution in [1.29, 1.82) is 0 Å². The van der Waals surface area contributed by atoms with Gasteiger partial charge in [0.15, 0.2) is 0 Å². The zero-order valence-electron chi connectivity index (χ0n) is 10.1. The Kier molecular flexibility index (Phi) is 3.78. The molecule has 1 aliphatic heterocycles. The number of amides is 1. The first-order valence-electron chi connectivity index (χ1n) is 5.92. The molecule has 1 aliphatic rings. The first-order valence-corrected chi connectivity index (χ1v) is 5.92. The maximum atomic E-state index is 12.6. The Hall–Kier alpha value is -1.98. The third-order valence-electron chi connectivity index (χ3n) is 3.18. The lowest BCUT2D eigenvalue weighted by molar-refractivity contribution is -0.141. The molecule has 0 aliphatic carbocycles. The average Bonchev–Trinajstić information content (AvgIpc) is 2.87. The lowest BCUT2D eigenvalue weighted by atomic mass is 10.1. The van der Waals surface area contributed by atoms with Crippen molar-refractivity contribution in [3.05, 3.63) is 35.4 Å². The van der Waals surface area contributed by atoms with Gasteiger partial charge in [-0.15, -0.1) is 0 Å². The van der Waals surface area contributed by atoms with E-state index in [0.29, 0.717) is 19.4 Å². The molecule has 0 bridgehead atoms. The molecule has 1 atom stereocenters. The van der Waals surface area contributed by atoms with Gasteiger partial charge >= 0.3 is 5.97 Å². The predicted molar refractivity (Wildman–Crippen MR) is 63.1 cm³/mol. The molecule has 19 heavy (non-hydrogen) atoms. The van der Waals surface area contributed by atoms with E-state index in [4.69, 9.17) is 5.11 Å². The summed E-state index contributed by atoms with van der Waals surface area (Å²) in [6, 6.07) is 4.29. The summed E-state index contributed by atoms with van der Waals surface area (Å²) in [5, 5.41) is 9.01. The molecule has 1 saturated heterocycles. The van der Waals surface area contributed by atoms with Crippen LogP contribution in [0.5, 0.6) is 0 Å². The first kappa shape index (κ1) is 13.5. The Morgan fingerprint density at radius 1 is 1.37 bits per heavy atom. The van der Waals surface area contributed by atoms with E-state index >= 15 is 0 Å². The lowest BCUT2D eigenvalue weighted by Crippen LogP contribution is -2.40. The van der Waals surface area contributed by atoms with E-state index in [2.05, 4.69) is 0 Å². The summed E-state index contributed by atoms with van der Waals surface area (Å²) in [5.41, 5.74) is -0.136. The normalized spacial score (nSPS) is 18.9. The fourth-order valence-corrected chi connectivity index (χ4v) is 2.24. The van der Waals surface area contributed by atoms with Gasteiger partial charge in [-0.2, -0.15) is 0 Å². The van der Waals surface area contributed by atoms with Gasteiger partial charge in [0.25, 0.3) is 12.3 Å². The monoisotopic (exact) mass is 269 g/mol. The summed E-state index contributed by atoms with van der Waals surface area (Å²) in [6.07, 6.45) is -1.64. The third kappa shape index (κ3) is 2.72. The van der Waals surface area contributed by atoms with Gasteiger partial charge in [-0.1, -0.05) is 12.1 Å². The number of alkyl halides is 2. The SMILES string of the molecule is O=C(O)[C@H]1CCCN1C(=O)c1cccc(C(F)F)c1. The molecule has 1 heterocycles. The molecule has 102 valence electrons. The van der Waals surface area contributed by atoms with E-state index in [1.54, 1.807) is 0 Å². The van der Waals surface area contributed by atoms with Crippen LogP contribution >= 0.6 is 0 Å². The number of carbonyl (C=O) groups is 2. The lowest BCUT2D eigenvalue weighted by Gasteiger charge is -2.21. The molecule has 1 N–H and O–H groups in total. The van der Waals surface area contributed by atoms with Crippen molar-refractivity contribution in [1.82, 2.24) is 4.90 Å². The summed E-state index contributed by atoms with van der Waals surface area (Å²) in [6.45, 7) is 0.342. The number of hydrogen-bond donors (Lipinski definition) is 1. The Bertz CT molecular complexity index is 504. The van der Waals surface area contributed by atoms with Crippen LogP contribution in [-0.4, -0.2) is 34.5 Å². The van der Waals surface area contributed by atoms with Crippen molar-refractivity contribution < 1.29 is 23.5 Å². The maximum Gasteiger partial charge on any atom is 0.326 e. The molecule has 0 aromatic heterocycles. The molecule has 4 nitrogen and oxygen atoms in total. The second-order valence-corrected chi connectivity index (χ2v) is 4.42. The van der Waals surface area contributed by atoms with Crippen LogP contribution < -0.4 is 0 Å². The van der Waals surface area contributed by atoms with Gasteiger partial charge < -0.3 is 10.0 Å². The average molecular weight is 269 g/mol. The Balaban J connectivity index is 2.24. The molecule has 0 unspecified atom stereocenters. The highest BCUT2D eigenvalue weighted by Crippen LogP contribution is 2.23. The summed E-state index contributed by atoms with van der Waals surface area (Å²) < 4.78 is 25.1. The summed E-state index contributed by atoms with van der Waals surface area (Å²) in [7, 11) is 0. The molecule has 0 saturated carbocycles. The van der Waals surface area contributed by atoms with Crippen LogP contribution in [0.15, 0.2) is 24.3 Å². The first-order chi connectivity index (χ1) is 9.00. The van der Waals surface area contributed by atoms with Gasteiger partial charge in [-0.25, -0.2) is 13.6 Å². The van der Waals surface area contributed by atoms with Gasteiger partial charge in [-0.3, -0.25) is 4.79 Å². The fourth-order valence-electron chi connectivity index (χ4n) is 2.24. The van der Waals surface area contributed by atoms with Crippen LogP contribution in [-0.2, 0) is 4.79 Å². The molecule has 2 rings (SSSR count). The molecule has 1 amide bonds. The third-order valence-corrected chi connectivity index (χ3v) is 3.18. The van der Waals surface area contributed by atoms with Crippen molar-refractivity contribution in [2.24, 2.45) is 0 Å². The van der Waals surface area contributed by atoms with Gasteiger partial charge in [0.1, 0.15) is 6.04 Å². The van der Waals surface area contributed by atoms with Crippen molar-refractivity contribution in [2.45, 2.75) is 25.3 Å². The molecule has 1 aromatic rings. The minimum Gasteiger partial charge on any atom is -0.480 e. The van der Waals surface area contributed by atoms with Gasteiger partial charge in [0.05, 0.1) is 0 Å². The van der Waals surface area contributed by atoms with Crippen molar-refractivity contribution in [3.63, 3.8) is 0 Å². The Morgan fingerprint density at radius 2 is 2.11 bits per heavy atom. The molecule has 1 fully saturated rings. The van der Waals surface area contributed by atoms with E-state index in [1.165, 1.54) is 23.1 Å². The van der Waals surface area contributed by atoms with Crippen LogP contribution in [0, 0.1) is 0 Å². The summed E-state index contributed by atoms with van der Waals surface area (Å²) >= 11 is 0. The predicted octanol–water partition coefficient (Wildman–Crippen LogP) is 2.31. The number of hydrogen-bond acceptors (Lipinski definition) is 2. The summed E-state index contributed by atoms with van der Waals surface area (Å²) in [5.74, 6) is -1.57. The Morgan fingerprint density at radius 3 is 2.74 bits per heavy atom. The summed E-state index contributed by atoms with van der Waals surface area (Å²) in [4.78, 5) is 24.4. The fraction of sp³-hybridized carbons (Fsp3) is 0.385. The molecular formula is C13H13F2NO3.